The highest BCUT2D eigenvalue weighted by Crippen LogP contribution is 2.33. The summed E-state index contributed by atoms with van der Waals surface area (Å²) in [5.74, 6) is -0.344. The lowest BCUT2D eigenvalue weighted by Gasteiger charge is -2.22. The summed E-state index contributed by atoms with van der Waals surface area (Å²) in [4.78, 5) is 33.6. The van der Waals surface area contributed by atoms with E-state index in [2.05, 4.69) is 23.2 Å². The number of benzene rings is 2. The third-order valence-corrected chi connectivity index (χ3v) is 6.09. The fourth-order valence-corrected chi connectivity index (χ4v) is 4.57. The van der Waals surface area contributed by atoms with Crippen LogP contribution in [0.25, 0.3) is 0 Å². The third-order valence-electron chi connectivity index (χ3n) is 6.09. The number of nitrogens with two attached hydrogens (primary N) is 1. The number of carbonyl (C=O) groups excluding carboxylic acids is 2. The van der Waals surface area contributed by atoms with Crippen LogP contribution in [0.5, 0.6) is 0 Å². The van der Waals surface area contributed by atoms with E-state index < -0.39 is 0 Å². The van der Waals surface area contributed by atoms with E-state index in [1.54, 1.807) is 23.2 Å². The van der Waals surface area contributed by atoms with Crippen LogP contribution in [0, 0.1) is 5.92 Å². The monoisotopic (exact) mass is 412 g/mol. The Labute approximate surface area is 181 Å². The van der Waals surface area contributed by atoms with Crippen LogP contribution in [0.3, 0.4) is 0 Å². The minimum absolute atomic E-state index is 0.0264. The number of fused-ring (bicyclic) bond motifs is 1. The van der Waals surface area contributed by atoms with Crippen LogP contribution < -0.4 is 15.5 Å². The van der Waals surface area contributed by atoms with Gasteiger partial charge in [-0.3, -0.25) is 14.6 Å². The molecule has 2 aliphatic heterocycles. The molecular formula is C25H24N4O2. The molecule has 6 heteroatoms. The highest BCUT2D eigenvalue weighted by atomic mass is 16.2. The smallest absolute Gasteiger partial charge is 0.232 e. The molecular weight excluding hydrogens is 388 g/mol. The summed E-state index contributed by atoms with van der Waals surface area (Å²) in [6.45, 7) is 1.06. The molecule has 0 spiro atoms. The SMILES string of the molecule is Nc1cccc(N2CC(C(=O)N3CCc4cc(Cc5cccnc5)ccc43)CC2=O)c1. The average molecular weight is 412 g/mol. The molecule has 2 N–H and O–H groups in total. The normalized spacial score (nSPS) is 17.8. The molecule has 0 radical (unpaired) electrons. The Bertz CT molecular complexity index is 1150. The number of nitrogens with zero attached hydrogens (tertiary/aromatic N) is 3. The molecule has 156 valence electrons. The van der Waals surface area contributed by atoms with Gasteiger partial charge in [0.25, 0.3) is 0 Å². The van der Waals surface area contributed by atoms with E-state index in [-0.39, 0.29) is 24.2 Å². The molecule has 1 fully saturated rings. The molecule has 0 saturated carbocycles. The largest absolute Gasteiger partial charge is 0.399 e. The van der Waals surface area contributed by atoms with E-state index in [0.717, 1.165) is 24.2 Å². The molecule has 1 aromatic heterocycles. The van der Waals surface area contributed by atoms with E-state index in [1.807, 2.05) is 35.4 Å². The van der Waals surface area contributed by atoms with E-state index in [4.69, 9.17) is 5.73 Å². The van der Waals surface area contributed by atoms with Gasteiger partial charge in [0.05, 0.1) is 5.92 Å². The maximum atomic E-state index is 13.3. The van der Waals surface area contributed by atoms with Crippen LogP contribution in [0.1, 0.15) is 23.1 Å². The molecule has 3 heterocycles. The Morgan fingerprint density at radius 2 is 2.00 bits per heavy atom. The molecule has 2 aliphatic rings. The quantitative estimate of drug-likeness (QED) is 0.668. The molecule has 31 heavy (non-hydrogen) atoms. The second kappa shape index (κ2) is 7.87. The Kier molecular flexibility index (Phi) is 4.90. The van der Waals surface area contributed by atoms with Crippen molar-refractivity contribution in [2.75, 3.05) is 28.6 Å². The summed E-state index contributed by atoms with van der Waals surface area (Å²) in [5, 5.41) is 0. The average Bonchev–Trinajstić information content (AvgIpc) is 3.37. The Hall–Kier alpha value is -3.67. The summed E-state index contributed by atoms with van der Waals surface area (Å²) in [5.41, 5.74) is 11.8. The minimum Gasteiger partial charge on any atom is -0.399 e. The van der Waals surface area contributed by atoms with Gasteiger partial charge in [-0.25, -0.2) is 0 Å². The summed E-state index contributed by atoms with van der Waals surface area (Å²) in [7, 11) is 0. The zero-order valence-electron chi connectivity index (χ0n) is 17.2. The molecule has 5 rings (SSSR count). The van der Waals surface area contributed by atoms with E-state index in [9.17, 15) is 9.59 Å². The number of rotatable bonds is 4. The first-order chi connectivity index (χ1) is 15.1. The van der Waals surface area contributed by atoms with Crippen molar-refractivity contribution in [2.45, 2.75) is 19.3 Å². The van der Waals surface area contributed by atoms with Crippen molar-refractivity contribution in [1.29, 1.82) is 0 Å². The lowest BCUT2D eigenvalue weighted by Crippen LogP contribution is -2.36. The van der Waals surface area contributed by atoms with Crippen molar-refractivity contribution < 1.29 is 9.59 Å². The number of hydrogen-bond acceptors (Lipinski definition) is 4. The van der Waals surface area contributed by atoms with Gasteiger partial charge in [-0.15, -0.1) is 0 Å². The van der Waals surface area contributed by atoms with Gasteiger partial charge in [0.1, 0.15) is 0 Å². The zero-order chi connectivity index (χ0) is 21.4. The van der Waals surface area contributed by atoms with E-state index >= 15 is 0 Å². The minimum atomic E-state index is -0.338. The van der Waals surface area contributed by atoms with Crippen molar-refractivity contribution in [2.24, 2.45) is 5.92 Å². The maximum absolute atomic E-state index is 13.3. The fraction of sp³-hybridized carbons (Fsp3) is 0.240. The van der Waals surface area contributed by atoms with Crippen LogP contribution >= 0.6 is 0 Å². The van der Waals surface area contributed by atoms with Crippen LogP contribution in [-0.4, -0.2) is 29.9 Å². The van der Waals surface area contributed by atoms with Crippen molar-refractivity contribution in [3.63, 3.8) is 0 Å². The number of amides is 2. The highest BCUT2D eigenvalue weighted by molar-refractivity contribution is 6.05. The molecule has 6 nitrogen and oxygen atoms in total. The molecule has 2 aromatic carbocycles. The lowest BCUT2D eigenvalue weighted by atomic mass is 10.0. The van der Waals surface area contributed by atoms with E-state index in [1.165, 1.54) is 16.7 Å². The molecule has 3 aromatic rings. The van der Waals surface area contributed by atoms with Gasteiger partial charge in [0, 0.05) is 49.0 Å². The van der Waals surface area contributed by atoms with Crippen molar-refractivity contribution in [3.05, 3.63) is 83.7 Å². The van der Waals surface area contributed by atoms with Crippen molar-refractivity contribution in [3.8, 4) is 0 Å². The predicted molar refractivity (Wildman–Crippen MR) is 121 cm³/mol. The number of nitrogen functional groups attached to an aromatic ring is 1. The number of hydrogen-bond donors (Lipinski definition) is 1. The molecule has 0 aliphatic carbocycles. The van der Waals surface area contributed by atoms with Gasteiger partial charge < -0.3 is 15.5 Å². The van der Waals surface area contributed by atoms with Gasteiger partial charge in [0.2, 0.25) is 11.8 Å². The van der Waals surface area contributed by atoms with E-state index in [0.29, 0.717) is 18.8 Å². The predicted octanol–water partition coefficient (Wildman–Crippen LogP) is 3.20. The number of carbonyl (C=O) groups is 2. The van der Waals surface area contributed by atoms with Gasteiger partial charge >= 0.3 is 0 Å². The Morgan fingerprint density at radius 1 is 1.10 bits per heavy atom. The summed E-state index contributed by atoms with van der Waals surface area (Å²) < 4.78 is 0. The van der Waals surface area contributed by atoms with Crippen LogP contribution in [0.15, 0.2) is 67.0 Å². The summed E-state index contributed by atoms with van der Waals surface area (Å²) in [6.07, 6.45) is 5.55. The molecule has 2 amide bonds. The first-order valence-electron chi connectivity index (χ1n) is 10.6. The van der Waals surface area contributed by atoms with Gasteiger partial charge in [-0.05, 0) is 59.9 Å². The van der Waals surface area contributed by atoms with Crippen LogP contribution in [-0.2, 0) is 22.4 Å². The van der Waals surface area contributed by atoms with Crippen molar-refractivity contribution in [1.82, 2.24) is 4.98 Å². The van der Waals surface area contributed by atoms with Crippen LogP contribution in [0.2, 0.25) is 0 Å². The standard InChI is InChI=1S/C25H24N4O2/c26-21-4-1-5-22(14-21)29-16-20(13-24(29)30)25(31)28-10-8-19-12-17(6-7-23(19)28)11-18-3-2-9-27-15-18/h1-7,9,12,14-15,20H,8,10-11,13,16,26H2. The van der Waals surface area contributed by atoms with Gasteiger partial charge in [0.15, 0.2) is 0 Å². The fourth-order valence-electron chi connectivity index (χ4n) is 4.57. The molecule has 1 atom stereocenters. The number of anilines is 3. The maximum Gasteiger partial charge on any atom is 0.232 e. The Balaban J connectivity index is 1.31. The number of aromatic nitrogens is 1. The first-order valence-corrected chi connectivity index (χ1v) is 10.6. The van der Waals surface area contributed by atoms with Crippen LogP contribution in [0.4, 0.5) is 17.1 Å². The topological polar surface area (TPSA) is 79.5 Å². The molecule has 0 bridgehead atoms. The first kappa shape index (κ1) is 19.3. The molecule has 1 unspecified atom stereocenters. The Morgan fingerprint density at radius 3 is 2.81 bits per heavy atom. The summed E-state index contributed by atoms with van der Waals surface area (Å²) >= 11 is 0. The third kappa shape index (κ3) is 3.77. The second-order valence-electron chi connectivity index (χ2n) is 8.24. The van der Waals surface area contributed by atoms with Crippen molar-refractivity contribution >= 4 is 28.9 Å². The highest BCUT2D eigenvalue weighted by Gasteiger charge is 2.39. The van der Waals surface area contributed by atoms with Gasteiger partial charge in [-0.2, -0.15) is 0 Å². The molecule has 1 saturated heterocycles. The zero-order valence-corrected chi connectivity index (χ0v) is 17.2. The second-order valence-corrected chi connectivity index (χ2v) is 8.24. The number of pyridine rings is 1. The lowest BCUT2D eigenvalue weighted by molar-refractivity contribution is -0.124. The summed E-state index contributed by atoms with van der Waals surface area (Å²) in [6, 6.07) is 17.6. The van der Waals surface area contributed by atoms with Gasteiger partial charge in [-0.1, -0.05) is 24.3 Å².